The van der Waals surface area contributed by atoms with Crippen LogP contribution in [-0.4, -0.2) is 32.6 Å². The molecule has 0 spiro atoms. The number of methoxy groups -OCH3 is 2. The normalized spacial score (nSPS) is 13.4. The fraction of sp³-hybridized carbons (Fsp3) is 0.545. The number of benzene rings is 1. The van der Waals surface area contributed by atoms with Crippen LogP contribution in [0.15, 0.2) is 11.6 Å². The molecule has 0 unspecified atom stereocenters. The lowest BCUT2D eigenvalue weighted by Crippen LogP contribution is -2.26. The van der Waals surface area contributed by atoms with Gasteiger partial charge in [-0.25, -0.2) is 4.79 Å². The van der Waals surface area contributed by atoms with E-state index in [0.717, 1.165) is 22.3 Å². The summed E-state index contributed by atoms with van der Waals surface area (Å²) in [7, 11) is 3.17. The van der Waals surface area contributed by atoms with Crippen molar-refractivity contribution >= 4 is 11.9 Å². The summed E-state index contributed by atoms with van der Waals surface area (Å²) in [4.78, 5) is 24.1. The summed E-state index contributed by atoms with van der Waals surface area (Å²) in [5.74, 6) is 1.37. The lowest BCUT2D eigenvalue weighted by atomic mass is 9.94. The number of cyclic esters (lactones) is 1. The molecule has 6 heteroatoms. The molecule has 1 amide bonds. The number of carbonyl (C=O) groups is 2. The van der Waals surface area contributed by atoms with Gasteiger partial charge in [-0.15, -0.1) is 0 Å². The molecule has 28 heavy (non-hydrogen) atoms. The van der Waals surface area contributed by atoms with Gasteiger partial charge in [-0.3, -0.25) is 4.79 Å². The van der Waals surface area contributed by atoms with Crippen molar-refractivity contribution in [3.8, 4) is 11.5 Å². The number of nitrogens with one attached hydrogen (secondary N) is 1. The van der Waals surface area contributed by atoms with Crippen molar-refractivity contribution in [2.75, 3.05) is 20.8 Å². The van der Waals surface area contributed by atoms with Crippen LogP contribution in [-0.2, 0) is 22.6 Å². The van der Waals surface area contributed by atoms with Gasteiger partial charge in [0.05, 0.1) is 14.2 Å². The van der Waals surface area contributed by atoms with E-state index in [9.17, 15) is 9.59 Å². The van der Waals surface area contributed by atoms with Crippen molar-refractivity contribution in [2.45, 2.75) is 53.6 Å². The second kappa shape index (κ2) is 9.62. The van der Waals surface area contributed by atoms with Crippen LogP contribution in [0.1, 0.15) is 60.7 Å². The van der Waals surface area contributed by atoms with Gasteiger partial charge in [0, 0.05) is 24.1 Å². The van der Waals surface area contributed by atoms with Crippen molar-refractivity contribution < 1.29 is 23.8 Å². The zero-order valence-corrected chi connectivity index (χ0v) is 17.7. The maximum Gasteiger partial charge on any atom is 0.342 e. The Kier molecular flexibility index (Phi) is 7.49. The first kappa shape index (κ1) is 21.8. The molecule has 0 fully saturated rings. The number of fused-ring (bicyclic) bond motifs is 1. The molecule has 154 valence electrons. The molecular formula is C22H31NO5. The minimum atomic E-state index is -0.360. The number of ether oxygens (including phenoxy) is 3. The molecule has 1 N–H and O–H groups in total. The molecule has 0 atom stereocenters. The summed E-state index contributed by atoms with van der Waals surface area (Å²) >= 11 is 0. The van der Waals surface area contributed by atoms with E-state index in [-0.39, 0.29) is 18.5 Å². The lowest BCUT2D eigenvalue weighted by molar-refractivity contribution is -0.121. The number of hydrogen-bond donors (Lipinski definition) is 1. The second-order valence-corrected chi connectivity index (χ2v) is 7.55. The zero-order chi connectivity index (χ0) is 20.8. The van der Waals surface area contributed by atoms with E-state index in [1.807, 2.05) is 13.8 Å². The van der Waals surface area contributed by atoms with E-state index in [1.54, 1.807) is 14.2 Å². The Labute approximate surface area is 167 Å². The molecule has 0 aromatic heterocycles. The summed E-state index contributed by atoms with van der Waals surface area (Å²) in [6.45, 7) is 9.01. The van der Waals surface area contributed by atoms with E-state index in [0.29, 0.717) is 48.8 Å². The minimum Gasteiger partial charge on any atom is -0.496 e. The highest BCUT2D eigenvalue weighted by Gasteiger charge is 2.32. The van der Waals surface area contributed by atoms with Gasteiger partial charge in [-0.2, -0.15) is 0 Å². The molecule has 2 rings (SSSR count). The molecule has 1 aliphatic heterocycles. The summed E-state index contributed by atoms with van der Waals surface area (Å²) < 4.78 is 16.4. The predicted molar refractivity (Wildman–Crippen MR) is 108 cm³/mol. The molecule has 0 radical (unpaired) electrons. The van der Waals surface area contributed by atoms with Crippen LogP contribution in [0, 0.1) is 12.8 Å². The summed E-state index contributed by atoms with van der Waals surface area (Å²) in [6, 6.07) is 0. The van der Waals surface area contributed by atoms with Gasteiger partial charge in [0.15, 0.2) is 0 Å². The molecule has 0 aliphatic carbocycles. The largest absolute Gasteiger partial charge is 0.496 e. The maximum atomic E-state index is 12.2. The van der Waals surface area contributed by atoms with E-state index >= 15 is 0 Å². The van der Waals surface area contributed by atoms with Crippen LogP contribution in [0.5, 0.6) is 11.5 Å². The van der Waals surface area contributed by atoms with Crippen LogP contribution in [0.25, 0.3) is 0 Å². The Bertz CT molecular complexity index is 780. The third-order valence-electron chi connectivity index (χ3n) is 4.94. The Hall–Kier alpha value is -2.50. The van der Waals surface area contributed by atoms with E-state index in [4.69, 9.17) is 14.2 Å². The Morgan fingerprint density at radius 1 is 1.21 bits per heavy atom. The van der Waals surface area contributed by atoms with Gasteiger partial charge in [0.2, 0.25) is 5.91 Å². The number of carbonyl (C=O) groups excluding carboxylic acids is 2. The quantitative estimate of drug-likeness (QED) is 0.515. The van der Waals surface area contributed by atoms with Gasteiger partial charge >= 0.3 is 5.97 Å². The Balaban J connectivity index is 2.18. The average molecular weight is 389 g/mol. The van der Waals surface area contributed by atoms with E-state index in [1.165, 1.54) is 0 Å². The number of hydrogen-bond acceptors (Lipinski definition) is 5. The summed E-state index contributed by atoms with van der Waals surface area (Å²) in [6.07, 6.45) is 3.74. The van der Waals surface area contributed by atoms with Crippen LogP contribution in [0.3, 0.4) is 0 Å². The monoisotopic (exact) mass is 389 g/mol. The highest BCUT2D eigenvalue weighted by molar-refractivity contribution is 5.98. The number of rotatable bonds is 9. The van der Waals surface area contributed by atoms with Gasteiger partial charge in [-0.1, -0.05) is 25.5 Å². The fourth-order valence-electron chi connectivity index (χ4n) is 3.33. The van der Waals surface area contributed by atoms with Gasteiger partial charge in [-0.05, 0) is 38.2 Å². The van der Waals surface area contributed by atoms with Crippen molar-refractivity contribution in [3.05, 3.63) is 33.9 Å². The number of amides is 1. The molecule has 0 bridgehead atoms. The molecular weight excluding hydrogens is 358 g/mol. The van der Waals surface area contributed by atoms with Crippen LogP contribution in [0.2, 0.25) is 0 Å². The Morgan fingerprint density at radius 2 is 1.89 bits per heavy atom. The van der Waals surface area contributed by atoms with Crippen LogP contribution >= 0.6 is 0 Å². The van der Waals surface area contributed by atoms with Crippen molar-refractivity contribution in [1.82, 2.24) is 5.32 Å². The SMILES string of the molecule is COc1c(C)c2c(c(OC)c1C/C=C(\C)CCC(=O)NCC(C)C)C(=O)OC2. The first-order valence-corrected chi connectivity index (χ1v) is 9.65. The van der Waals surface area contributed by atoms with Gasteiger partial charge in [0.1, 0.15) is 23.7 Å². The highest BCUT2D eigenvalue weighted by atomic mass is 16.5. The van der Waals surface area contributed by atoms with Crippen molar-refractivity contribution in [3.63, 3.8) is 0 Å². The fourth-order valence-corrected chi connectivity index (χ4v) is 3.33. The van der Waals surface area contributed by atoms with Crippen LogP contribution in [0.4, 0.5) is 0 Å². The van der Waals surface area contributed by atoms with Gasteiger partial charge in [0.25, 0.3) is 0 Å². The van der Waals surface area contributed by atoms with Gasteiger partial charge < -0.3 is 19.5 Å². The first-order valence-electron chi connectivity index (χ1n) is 9.65. The standard InChI is InChI=1S/C22H31NO5/c1-13(2)11-23-18(24)10-8-14(3)7-9-16-20(26-5)15(4)17-12-28-22(25)19(17)21(16)27-6/h7,13H,8-12H2,1-6H3,(H,23,24)/b14-7+. The number of allylic oxidation sites excluding steroid dienone is 2. The van der Waals surface area contributed by atoms with E-state index in [2.05, 4.69) is 25.2 Å². The Morgan fingerprint density at radius 3 is 2.50 bits per heavy atom. The molecule has 0 saturated heterocycles. The average Bonchev–Trinajstić information content (AvgIpc) is 3.05. The van der Waals surface area contributed by atoms with Crippen molar-refractivity contribution in [1.29, 1.82) is 0 Å². The molecule has 1 heterocycles. The molecule has 1 aromatic rings. The lowest BCUT2D eigenvalue weighted by Gasteiger charge is -2.18. The smallest absolute Gasteiger partial charge is 0.342 e. The molecule has 6 nitrogen and oxygen atoms in total. The first-order chi connectivity index (χ1) is 13.3. The maximum absolute atomic E-state index is 12.2. The minimum absolute atomic E-state index is 0.0627. The van der Waals surface area contributed by atoms with Crippen molar-refractivity contribution in [2.24, 2.45) is 5.92 Å². The summed E-state index contributed by atoms with van der Waals surface area (Å²) in [5, 5.41) is 2.93. The zero-order valence-electron chi connectivity index (χ0n) is 17.7. The highest BCUT2D eigenvalue weighted by Crippen LogP contribution is 2.42. The molecule has 1 aliphatic rings. The molecule has 1 aromatic carbocycles. The third kappa shape index (κ3) is 4.86. The van der Waals surface area contributed by atoms with E-state index < -0.39 is 0 Å². The topological polar surface area (TPSA) is 73.9 Å². The third-order valence-corrected chi connectivity index (χ3v) is 4.94. The predicted octanol–water partition coefficient (Wildman–Crippen LogP) is 3.72. The molecule has 0 saturated carbocycles. The second-order valence-electron chi connectivity index (χ2n) is 7.55. The summed E-state index contributed by atoms with van der Waals surface area (Å²) in [5.41, 5.74) is 4.14. The number of esters is 1. The van der Waals surface area contributed by atoms with Crippen LogP contribution < -0.4 is 14.8 Å².